The fourth-order valence-electron chi connectivity index (χ4n) is 1.93. The molecule has 0 saturated heterocycles. The van der Waals surface area contributed by atoms with Gasteiger partial charge in [-0.1, -0.05) is 35.3 Å². The minimum atomic E-state index is -1.04. The summed E-state index contributed by atoms with van der Waals surface area (Å²) in [6.07, 6.45) is -1.17. The van der Waals surface area contributed by atoms with Gasteiger partial charge in [0.15, 0.2) is 6.10 Å². The van der Waals surface area contributed by atoms with Crippen molar-refractivity contribution < 1.29 is 18.7 Å². The molecule has 0 aliphatic carbocycles. The standard InChI is InChI=1S/C17H14Cl2FNO3/c1-10(17(23)21-15-9-12(18)5-6-14(15)19)24-16(22)8-11-3-2-4-13(20)7-11/h2-7,9-10H,8H2,1H3,(H,21,23)/t10-/m0/s1. The summed E-state index contributed by atoms with van der Waals surface area (Å²) in [5.41, 5.74) is 0.785. The van der Waals surface area contributed by atoms with Gasteiger partial charge in [0, 0.05) is 5.02 Å². The van der Waals surface area contributed by atoms with Gasteiger partial charge in [-0.15, -0.1) is 0 Å². The SMILES string of the molecule is C[C@H](OC(=O)Cc1cccc(F)c1)C(=O)Nc1cc(Cl)ccc1Cl. The third kappa shape index (κ3) is 5.22. The van der Waals surface area contributed by atoms with Crippen LogP contribution >= 0.6 is 23.2 Å². The van der Waals surface area contributed by atoms with Crippen molar-refractivity contribution in [1.82, 2.24) is 0 Å². The summed E-state index contributed by atoms with van der Waals surface area (Å²) in [5, 5.41) is 3.26. The van der Waals surface area contributed by atoms with Crippen LogP contribution in [0.1, 0.15) is 12.5 Å². The second-order valence-corrected chi connectivity index (χ2v) is 5.90. The normalized spacial score (nSPS) is 11.7. The summed E-state index contributed by atoms with van der Waals surface area (Å²) in [5.74, 6) is -1.63. The molecule has 0 bridgehead atoms. The number of benzene rings is 2. The molecule has 0 aliphatic rings. The number of carbonyl (C=O) groups is 2. The zero-order valence-electron chi connectivity index (χ0n) is 12.7. The lowest BCUT2D eigenvalue weighted by molar-refractivity contribution is -0.152. The highest BCUT2D eigenvalue weighted by molar-refractivity contribution is 6.35. The van der Waals surface area contributed by atoms with E-state index in [9.17, 15) is 14.0 Å². The molecule has 1 N–H and O–H groups in total. The highest BCUT2D eigenvalue weighted by atomic mass is 35.5. The van der Waals surface area contributed by atoms with E-state index in [2.05, 4.69) is 5.32 Å². The Hall–Kier alpha value is -2.11. The topological polar surface area (TPSA) is 55.4 Å². The molecule has 1 atom stereocenters. The molecule has 0 aliphatic heterocycles. The van der Waals surface area contributed by atoms with Crippen molar-refractivity contribution in [1.29, 1.82) is 0 Å². The van der Waals surface area contributed by atoms with Crippen LogP contribution in [0.25, 0.3) is 0 Å². The van der Waals surface area contributed by atoms with E-state index in [1.807, 2.05) is 0 Å². The monoisotopic (exact) mass is 369 g/mol. The molecule has 0 heterocycles. The number of hydrogen-bond acceptors (Lipinski definition) is 3. The summed E-state index contributed by atoms with van der Waals surface area (Å²) in [4.78, 5) is 23.9. The van der Waals surface area contributed by atoms with Crippen molar-refractivity contribution in [2.45, 2.75) is 19.4 Å². The van der Waals surface area contributed by atoms with E-state index in [-0.39, 0.29) is 6.42 Å². The number of nitrogens with one attached hydrogen (secondary N) is 1. The highest BCUT2D eigenvalue weighted by Gasteiger charge is 2.19. The summed E-state index contributed by atoms with van der Waals surface area (Å²) >= 11 is 11.8. The molecule has 24 heavy (non-hydrogen) atoms. The Morgan fingerprint density at radius 2 is 1.96 bits per heavy atom. The van der Waals surface area contributed by atoms with Gasteiger partial charge in [0.1, 0.15) is 5.82 Å². The number of hydrogen-bond donors (Lipinski definition) is 1. The maximum absolute atomic E-state index is 13.1. The highest BCUT2D eigenvalue weighted by Crippen LogP contribution is 2.25. The van der Waals surface area contributed by atoms with Gasteiger partial charge in [-0.25, -0.2) is 4.39 Å². The third-order valence-corrected chi connectivity index (χ3v) is 3.67. The Balaban J connectivity index is 1.93. The lowest BCUT2D eigenvalue weighted by atomic mass is 10.1. The first-order chi connectivity index (χ1) is 11.3. The Kier molecular flexibility index (Phi) is 6.17. The van der Waals surface area contributed by atoms with E-state index in [1.54, 1.807) is 18.2 Å². The lowest BCUT2D eigenvalue weighted by Gasteiger charge is -2.14. The van der Waals surface area contributed by atoms with Crippen molar-refractivity contribution in [2.75, 3.05) is 5.32 Å². The van der Waals surface area contributed by atoms with Crippen molar-refractivity contribution in [2.24, 2.45) is 0 Å². The van der Waals surface area contributed by atoms with Crippen LogP contribution in [0, 0.1) is 5.82 Å². The molecule has 0 radical (unpaired) electrons. The summed E-state index contributed by atoms with van der Waals surface area (Å²) in [6.45, 7) is 1.43. The molecule has 0 fully saturated rings. The lowest BCUT2D eigenvalue weighted by Crippen LogP contribution is -2.30. The Bertz CT molecular complexity index is 767. The maximum Gasteiger partial charge on any atom is 0.311 e. The smallest absolute Gasteiger partial charge is 0.311 e. The van der Waals surface area contributed by atoms with Crippen LogP contribution in [0.15, 0.2) is 42.5 Å². The molecule has 4 nitrogen and oxygen atoms in total. The average Bonchev–Trinajstić information content (AvgIpc) is 2.50. The molecule has 2 rings (SSSR count). The van der Waals surface area contributed by atoms with Gasteiger partial charge in [-0.2, -0.15) is 0 Å². The number of anilines is 1. The fraction of sp³-hybridized carbons (Fsp3) is 0.176. The number of halogens is 3. The van der Waals surface area contributed by atoms with E-state index in [4.69, 9.17) is 27.9 Å². The van der Waals surface area contributed by atoms with Gasteiger partial charge in [0.05, 0.1) is 17.1 Å². The van der Waals surface area contributed by atoms with Crippen LogP contribution < -0.4 is 5.32 Å². The molecule has 0 saturated carbocycles. The second-order valence-electron chi connectivity index (χ2n) is 5.05. The molecule has 2 aromatic rings. The second kappa shape index (κ2) is 8.13. The van der Waals surface area contributed by atoms with Gasteiger partial charge in [0.25, 0.3) is 5.91 Å². The molecule has 126 valence electrons. The Morgan fingerprint density at radius 3 is 2.67 bits per heavy atom. The van der Waals surface area contributed by atoms with E-state index in [0.29, 0.717) is 21.3 Å². The van der Waals surface area contributed by atoms with Crippen LogP contribution in [-0.4, -0.2) is 18.0 Å². The van der Waals surface area contributed by atoms with Crippen LogP contribution in [0.5, 0.6) is 0 Å². The van der Waals surface area contributed by atoms with Crippen LogP contribution in [-0.2, 0) is 20.7 Å². The van der Waals surface area contributed by atoms with Gasteiger partial charge in [-0.05, 0) is 42.8 Å². The predicted octanol–water partition coefficient (Wildman–Crippen LogP) is 4.25. The van der Waals surface area contributed by atoms with E-state index in [0.717, 1.165) is 0 Å². The minimum Gasteiger partial charge on any atom is -0.452 e. The van der Waals surface area contributed by atoms with Gasteiger partial charge < -0.3 is 10.1 Å². The van der Waals surface area contributed by atoms with Gasteiger partial charge >= 0.3 is 5.97 Å². The number of amides is 1. The molecule has 2 aromatic carbocycles. The number of ether oxygens (including phenoxy) is 1. The first-order valence-corrected chi connectivity index (χ1v) is 7.80. The van der Waals surface area contributed by atoms with E-state index in [1.165, 1.54) is 31.2 Å². The summed E-state index contributed by atoms with van der Waals surface area (Å²) < 4.78 is 18.1. The average molecular weight is 370 g/mol. The third-order valence-electron chi connectivity index (χ3n) is 3.10. The zero-order chi connectivity index (χ0) is 17.7. The van der Waals surface area contributed by atoms with Gasteiger partial charge in [-0.3, -0.25) is 9.59 Å². The molecule has 0 spiro atoms. The van der Waals surface area contributed by atoms with Crippen molar-refractivity contribution in [3.63, 3.8) is 0 Å². The molecular weight excluding hydrogens is 356 g/mol. The molecule has 7 heteroatoms. The first-order valence-electron chi connectivity index (χ1n) is 7.05. The van der Waals surface area contributed by atoms with Crippen LogP contribution in [0.2, 0.25) is 10.0 Å². The van der Waals surface area contributed by atoms with E-state index >= 15 is 0 Å². The quantitative estimate of drug-likeness (QED) is 0.801. The largest absolute Gasteiger partial charge is 0.452 e. The number of rotatable bonds is 5. The van der Waals surface area contributed by atoms with Crippen LogP contribution in [0.3, 0.4) is 0 Å². The van der Waals surface area contributed by atoms with E-state index < -0.39 is 23.8 Å². The van der Waals surface area contributed by atoms with Crippen molar-refractivity contribution in [3.05, 3.63) is 63.9 Å². The predicted molar refractivity (Wildman–Crippen MR) is 90.7 cm³/mol. The molecule has 0 aromatic heterocycles. The number of carbonyl (C=O) groups excluding carboxylic acids is 2. The van der Waals surface area contributed by atoms with Crippen LogP contribution in [0.4, 0.5) is 10.1 Å². The Labute approximate surface area is 148 Å². The van der Waals surface area contributed by atoms with Crippen molar-refractivity contribution >= 4 is 40.8 Å². The minimum absolute atomic E-state index is 0.132. The summed E-state index contributed by atoms with van der Waals surface area (Å²) in [6, 6.07) is 10.2. The molecular formula is C17H14Cl2FNO3. The zero-order valence-corrected chi connectivity index (χ0v) is 14.2. The molecule has 0 unspecified atom stereocenters. The fourth-order valence-corrected chi connectivity index (χ4v) is 2.27. The number of esters is 1. The van der Waals surface area contributed by atoms with Gasteiger partial charge in [0.2, 0.25) is 0 Å². The Morgan fingerprint density at radius 1 is 1.21 bits per heavy atom. The molecule has 1 amide bonds. The van der Waals surface area contributed by atoms with Crippen molar-refractivity contribution in [3.8, 4) is 0 Å². The first kappa shape index (κ1) is 18.2. The summed E-state index contributed by atoms with van der Waals surface area (Å²) in [7, 11) is 0. The maximum atomic E-state index is 13.1.